The smallest absolute Gasteiger partial charge is 0.306 e. The first-order valence-corrected chi connectivity index (χ1v) is 24.1. The lowest BCUT2D eigenvalue weighted by Crippen LogP contribution is -2.40. The summed E-state index contributed by atoms with van der Waals surface area (Å²) < 4.78 is 22.6. The lowest BCUT2D eigenvalue weighted by Gasteiger charge is -2.46. The van der Waals surface area contributed by atoms with E-state index in [-0.39, 0.29) is 16.8 Å². The summed E-state index contributed by atoms with van der Waals surface area (Å²) >= 11 is 0. The standard InChI is InChI=1S/C45H87O3P/c1-4-7-10-13-16-19-25-34-43(37-28-22-29-38-43)46-49(47-44(39-30-23-31-40-44)35-26-20-17-14-11-8-5-2)48-45(41-32-24-33-42-45)36-27-21-18-15-12-9-6-3/h4-42H2,1-3H3. The lowest BCUT2D eigenvalue weighted by molar-refractivity contribution is -0.0795. The normalized spacial score (nSPS) is 20.6. The van der Waals surface area contributed by atoms with Crippen LogP contribution in [0.15, 0.2) is 0 Å². The Bertz CT molecular complexity index is 653. The van der Waals surface area contributed by atoms with Crippen molar-refractivity contribution in [2.24, 2.45) is 0 Å². The zero-order valence-electron chi connectivity index (χ0n) is 33.7. The summed E-state index contributed by atoms with van der Waals surface area (Å²) in [5, 5.41) is 0. The van der Waals surface area contributed by atoms with Gasteiger partial charge in [0, 0.05) is 0 Å². The molecule has 0 aromatic carbocycles. The van der Waals surface area contributed by atoms with Crippen molar-refractivity contribution in [2.75, 3.05) is 0 Å². The van der Waals surface area contributed by atoms with E-state index >= 15 is 0 Å². The average molecular weight is 707 g/mol. The molecule has 0 heterocycles. The van der Waals surface area contributed by atoms with Crippen molar-refractivity contribution in [1.82, 2.24) is 0 Å². The minimum absolute atomic E-state index is 0.0301. The molecule has 4 heteroatoms. The van der Waals surface area contributed by atoms with E-state index in [1.54, 1.807) is 0 Å². The SMILES string of the molecule is CCCCCCCCCC1(OP(OC2(CCCCCCCCC)CCCCC2)OC2(CCCCCCCCC)CCCCC2)CCCCC1. The zero-order chi connectivity index (χ0) is 34.8. The maximum Gasteiger partial charge on any atom is 0.334 e. The second-order valence-corrected chi connectivity index (χ2v) is 18.3. The topological polar surface area (TPSA) is 27.7 Å². The van der Waals surface area contributed by atoms with Gasteiger partial charge in [-0.2, -0.15) is 0 Å². The largest absolute Gasteiger partial charge is 0.334 e. The summed E-state index contributed by atoms with van der Waals surface area (Å²) in [6.07, 6.45) is 51.7. The van der Waals surface area contributed by atoms with Gasteiger partial charge in [0.15, 0.2) is 0 Å². The molecular formula is C45H87O3P. The fraction of sp³-hybridized carbons (Fsp3) is 1.00. The molecule has 3 nitrogen and oxygen atoms in total. The van der Waals surface area contributed by atoms with E-state index in [2.05, 4.69) is 20.8 Å². The average Bonchev–Trinajstić information content (AvgIpc) is 3.11. The van der Waals surface area contributed by atoms with Crippen molar-refractivity contribution >= 4 is 8.60 Å². The highest BCUT2D eigenvalue weighted by Gasteiger charge is 2.45. The molecule has 0 saturated heterocycles. The molecule has 0 amide bonds. The Morgan fingerprint density at radius 1 is 0.306 bits per heavy atom. The van der Waals surface area contributed by atoms with Gasteiger partial charge in [-0.25, -0.2) is 0 Å². The summed E-state index contributed by atoms with van der Waals surface area (Å²) in [6.45, 7) is 6.97. The van der Waals surface area contributed by atoms with Crippen LogP contribution in [0.5, 0.6) is 0 Å². The Hall–Kier alpha value is 0.310. The predicted octanol–water partition coefficient (Wildman–Crippen LogP) is 16.8. The summed E-state index contributed by atoms with van der Waals surface area (Å²) in [7, 11) is -1.37. The van der Waals surface area contributed by atoms with E-state index in [0.29, 0.717) is 0 Å². The lowest BCUT2D eigenvalue weighted by atomic mass is 9.81. The predicted molar refractivity (Wildman–Crippen MR) is 215 cm³/mol. The Morgan fingerprint density at radius 3 is 0.776 bits per heavy atom. The van der Waals surface area contributed by atoms with Crippen LogP contribution in [0, 0.1) is 0 Å². The maximum absolute atomic E-state index is 7.54. The van der Waals surface area contributed by atoms with Crippen molar-refractivity contribution in [3.05, 3.63) is 0 Å². The Balaban J connectivity index is 1.73. The van der Waals surface area contributed by atoms with Crippen LogP contribution in [0.2, 0.25) is 0 Å². The molecule has 0 atom stereocenters. The van der Waals surface area contributed by atoms with E-state index in [4.69, 9.17) is 13.6 Å². The monoisotopic (exact) mass is 707 g/mol. The first-order chi connectivity index (χ1) is 24.1. The molecule has 3 aliphatic rings. The fourth-order valence-electron chi connectivity index (χ4n) is 9.49. The van der Waals surface area contributed by atoms with Crippen LogP contribution >= 0.6 is 8.60 Å². The van der Waals surface area contributed by atoms with Gasteiger partial charge in [0.2, 0.25) is 0 Å². The molecule has 0 N–H and O–H groups in total. The van der Waals surface area contributed by atoms with Gasteiger partial charge in [-0.15, -0.1) is 0 Å². The van der Waals surface area contributed by atoms with Gasteiger partial charge in [0.1, 0.15) is 0 Å². The first kappa shape index (κ1) is 43.7. The van der Waals surface area contributed by atoms with Crippen LogP contribution < -0.4 is 0 Å². The summed E-state index contributed by atoms with van der Waals surface area (Å²) in [5.74, 6) is 0. The first-order valence-electron chi connectivity index (χ1n) is 23.0. The highest BCUT2D eigenvalue weighted by Crippen LogP contribution is 2.59. The molecule has 3 saturated carbocycles. The molecule has 49 heavy (non-hydrogen) atoms. The van der Waals surface area contributed by atoms with E-state index in [9.17, 15) is 0 Å². The molecule has 0 aliphatic heterocycles. The third-order valence-electron chi connectivity index (χ3n) is 12.8. The third-order valence-corrected chi connectivity index (χ3v) is 14.4. The molecule has 0 aromatic heterocycles. The fourth-order valence-corrected chi connectivity index (χ4v) is 11.4. The molecule has 290 valence electrons. The number of hydrogen-bond acceptors (Lipinski definition) is 3. The molecule has 0 bridgehead atoms. The quantitative estimate of drug-likeness (QED) is 0.0550. The van der Waals surface area contributed by atoms with Gasteiger partial charge < -0.3 is 13.6 Å². The molecular weight excluding hydrogens is 619 g/mol. The molecule has 0 spiro atoms. The molecule has 0 radical (unpaired) electrons. The molecule has 0 unspecified atom stereocenters. The van der Waals surface area contributed by atoms with Crippen molar-refractivity contribution in [3.63, 3.8) is 0 Å². The van der Waals surface area contributed by atoms with Crippen LogP contribution in [0.3, 0.4) is 0 Å². The van der Waals surface area contributed by atoms with Crippen molar-refractivity contribution in [2.45, 2.75) is 288 Å². The molecule has 3 rings (SSSR count). The Labute approximate surface area is 309 Å². The van der Waals surface area contributed by atoms with Gasteiger partial charge in [-0.3, -0.25) is 0 Å². The minimum Gasteiger partial charge on any atom is -0.306 e. The molecule has 3 fully saturated rings. The third kappa shape index (κ3) is 18.3. The van der Waals surface area contributed by atoms with E-state index < -0.39 is 8.60 Å². The van der Waals surface area contributed by atoms with Gasteiger partial charge in [0.05, 0.1) is 16.8 Å². The van der Waals surface area contributed by atoms with E-state index in [1.165, 1.54) is 250 Å². The van der Waals surface area contributed by atoms with Crippen LogP contribution in [-0.2, 0) is 13.6 Å². The minimum atomic E-state index is -1.37. The van der Waals surface area contributed by atoms with Gasteiger partial charge >= 0.3 is 8.60 Å². The van der Waals surface area contributed by atoms with Crippen LogP contribution in [0.25, 0.3) is 0 Å². The highest BCUT2D eigenvalue weighted by atomic mass is 31.2. The van der Waals surface area contributed by atoms with Crippen LogP contribution in [0.1, 0.15) is 271 Å². The van der Waals surface area contributed by atoms with Gasteiger partial charge in [0.25, 0.3) is 0 Å². The molecule has 3 aliphatic carbocycles. The summed E-state index contributed by atoms with van der Waals surface area (Å²) in [4.78, 5) is 0. The summed E-state index contributed by atoms with van der Waals surface area (Å²) in [6, 6.07) is 0. The van der Waals surface area contributed by atoms with E-state index in [1.807, 2.05) is 0 Å². The van der Waals surface area contributed by atoms with Crippen LogP contribution in [0.4, 0.5) is 0 Å². The number of unbranched alkanes of at least 4 members (excludes halogenated alkanes) is 18. The van der Waals surface area contributed by atoms with Crippen molar-refractivity contribution < 1.29 is 13.6 Å². The van der Waals surface area contributed by atoms with E-state index in [0.717, 1.165) is 0 Å². The zero-order valence-corrected chi connectivity index (χ0v) is 34.6. The van der Waals surface area contributed by atoms with Crippen LogP contribution in [-0.4, -0.2) is 16.8 Å². The van der Waals surface area contributed by atoms with Crippen molar-refractivity contribution in [3.8, 4) is 0 Å². The van der Waals surface area contributed by atoms with Gasteiger partial charge in [-0.1, -0.05) is 213 Å². The molecule has 0 aromatic rings. The maximum atomic E-state index is 7.54. The number of rotatable bonds is 30. The summed E-state index contributed by atoms with van der Waals surface area (Å²) in [5.41, 5.74) is -0.0904. The second kappa shape index (κ2) is 27.0. The van der Waals surface area contributed by atoms with Crippen molar-refractivity contribution in [1.29, 1.82) is 0 Å². The highest BCUT2D eigenvalue weighted by molar-refractivity contribution is 7.41. The Morgan fingerprint density at radius 2 is 0.531 bits per heavy atom. The Kier molecular flexibility index (Phi) is 24.1. The number of hydrogen-bond donors (Lipinski definition) is 0. The second-order valence-electron chi connectivity index (χ2n) is 17.3. The van der Waals surface area contributed by atoms with Gasteiger partial charge in [-0.05, 0) is 57.8 Å².